The number of aryl methyl sites for hydroxylation is 1. The molecule has 0 spiro atoms. The Morgan fingerprint density at radius 2 is 1.87 bits per heavy atom. The zero-order chi connectivity index (χ0) is 16.4. The summed E-state index contributed by atoms with van der Waals surface area (Å²) >= 11 is 0. The van der Waals surface area contributed by atoms with Gasteiger partial charge >= 0.3 is 0 Å². The molecule has 0 aromatic carbocycles. The van der Waals surface area contributed by atoms with Gasteiger partial charge in [0.2, 0.25) is 0 Å². The zero-order valence-corrected chi connectivity index (χ0v) is 15.6. The van der Waals surface area contributed by atoms with Gasteiger partial charge in [0.1, 0.15) is 5.69 Å². The quantitative estimate of drug-likeness (QED) is 0.829. The number of hydrogen-bond acceptors (Lipinski definition) is 3. The van der Waals surface area contributed by atoms with Gasteiger partial charge in [-0.05, 0) is 46.6 Å². The van der Waals surface area contributed by atoms with Crippen LogP contribution >= 0.6 is 12.4 Å². The number of hydrogen-bond donors (Lipinski definition) is 2. The Labute approximate surface area is 145 Å². The van der Waals surface area contributed by atoms with Crippen molar-refractivity contribution < 1.29 is 4.79 Å². The molecule has 1 fully saturated rings. The molecule has 5 nitrogen and oxygen atoms in total. The first-order valence-electron chi connectivity index (χ1n) is 8.36. The van der Waals surface area contributed by atoms with E-state index >= 15 is 0 Å². The Balaban J connectivity index is 0.00000264. The monoisotopic (exact) mass is 342 g/mol. The van der Waals surface area contributed by atoms with Crippen molar-refractivity contribution in [3.8, 4) is 0 Å². The second kappa shape index (κ2) is 7.67. The topological polar surface area (TPSA) is 72.9 Å². The van der Waals surface area contributed by atoms with Crippen molar-refractivity contribution in [3.05, 3.63) is 17.5 Å². The molecular formula is C17H31ClN4O. The molecule has 23 heavy (non-hydrogen) atoms. The third kappa shape index (κ3) is 5.21. The number of carbonyl (C=O) groups is 1. The third-order valence-electron chi connectivity index (χ3n) is 4.46. The van der Waals surface area contributed by atoms with E-state index in [9.17, 15) is 4.79 Å². The molecule has 0 saturated heterocycles. The van der Waals surface area contributed by atoms with E-state index < -0.39 is 0 Å². The molecule has 132 valence electrons. The molecule has 1 aliphatic carbocycles. The lowest BCUT2D eigenvalue weighted by Gasteiger charge is -2.28. The van der Waals surface area contributed by atoms with E-state index in [1.165, 1.54) is 12.8 Å². The number of aromatic nitrogens is 2. The van der Waals surface area contributed by atoms with Crippen molar-refractivity contribution in [2.45, 2.75) is 77.3 Å². The van der Waals surface area contributed by atoms with Gasteiger partial charge in [-0.25, -0.2) is 0 Å². The molecule has 1 amide bonds. The largest absolute Gasteiger partial charge is 0.349 e. The molecule has 0 atom stereocenters. The summed E-state index contributed by atoms with van der Waals surface area (Å²) in [5.74, 6) is -0.125. The van der Waals surface area contributed by atoms with Gasteiger partial charge in [-0.3, -0.25) is 9.48 Å². The Kier molecular flexibility index (Phi) is 6.66. The summed E-state index contributed by atoms with van der Waals surface area (Å²) in [6.45, 7) is 8.75. The van der Waals surface area contributed by atoms with Crippen LogP contribution < -0.4 is 11.1 Å². The SMILES string of the molecule is Cc1cc(C(=O)NCC2(N)CCCCCC2)nn1C(C)(C)C.Cl. The van der Waals surface area contributed by atoms with Crippen LogP contribution in [0.3, 0.4) is 0 Å². The predicted molar refractivity (Wildman–Crippen MR) is 96.2 cm³/mol. The minimum absolute atomic E-state index is 0. The van der Waals surface area contributed by atoms with Crippen molar-refractivity contribution in [2.24, 2.45) is 5.73 Å². The molecule has 0 aliphatic heterocycles. The smallest absolute Gasteiger partial charge is 0.271 e. The van der Waals surface area contributed by atoms with Crippen molar-refractivity contribution in [1.29, 1.82) is 0 Å². The standard InChI is InChI=1S/C17H30N4O.ClH/c1-13-11-14(20-21(13)16(2,3)4)15(22)19-12-17(18)9-7-5-6-8-10-17;/h11H,5-10,12,18H2,1-4H3,(H,19,22);1H. The number of nitrogens with zero attached hydrogens (tertiary/aromatic N) is 2. The highest BCUT2D eigenvalue weighted by Crippen LogP contribution is 2.24. The van der Waals surface area contributed by atoms with Crippen LogP contribution in [0.15, 0.2) is 6.07 Å². The van der Waals surface area contributed by atoms with Gasteiger partial charge in [0.25, 0.3) is 5.91 Å². The lowest BCUT2D eigenvalue weighted by atomic mass is 9.91. The third-order valence-corrected chi connectivity index (χ3v) is 4.46. The molecular weight excluding hydrogens is 312 g/mol. The van der Waals surface area contributed by atoms with E-state index in [-0.39, 0.29) is 29.4 Å². The summed E-state index contributed by atoms with van der Waals surface area (Å²) in [5, 5.41) is 7.44. The molecule has 6 heteroatoms. The number of carbonyl (C=O) groups excluding carboxylic acids is 1. The molecule has 1 heterocycles. The fourth-order valence-electron chi connectivity index (χ4n) is 3.22. The van der Waals surface area contributed by atoms with Crippen molar-refractivity contribution in [2.75, 3.05) is 6.54 Å². The zero-order valence-electron chi connectivity index (χ0n) is 14.8. The number of nitrogens with one attached hydrogen (secondary N) is 1. The van der Waals surface area contributed by atoms with Crippen LogP contribution in [-0.2, 0) is 5.54 Å². The normalized spacial score (nSPS) is 18.0. The molecule has 3 N–H and O–H groups in total. The summed E-state index contributed by atoms with van der Waals surface area (Å²) in [4.78, 5) is 12.4. The number of rotatable bonds is 3. The van der Waals surface area contributed by atoms with E-state index in [0.29, 0.717) is 12.2 Å². The van der Waals surface area contributed by atoms with Gasteiger partial charge in [-0.2, -0.15) is 5.10 Å². The number of halogens is 1. The second-order valence-corrected chi connectivity index (χ2v) is 7.71. The predicted octanol–water partition coefficient (Wildman–Crippen LogP) is 3.15. The van der Waals surface area contributed by atoms with Gasteiger partial charge in [-0.1, -0.05) is 25.7 Å². The van der Waals surface area contributed by atoms with Crippen LogP contribution in [0, 0.1) is 6.92 Å². The summed E-state index contributed by atoms with van der Waals surface area (Å²) in [5.41, 5.74) is 7.54. The maximum atomic E-state index is 12.4. The molecule has 1 aromatic heterocycles. The van der Waals surface area contributed by atoms with Crippen LogP contribution in [0.25, 0.3) is 0 Å². The van der Waals surface area contributed by atoms with Gasteiger partial charge in [0.05, 0.1) is 5.54 Å². The van der Waals surface area contributed by atoms with Crippen LogP contribution in [0.5, 0.6) is 0 Å². The maximum Gasteiger partial charge on any atom is 0.271 e. The Morgan fingerprint density at radius 1 is 1.30 bits per heavy atom. The van der Waals surface area contributed by atoms with E-state index in [1.807, 2.05) is 17.7 Å². The van der Waals surface area contributed by atoms with Gasteiger partial charge in [0.15, 0.2) is 0 Å². The minimum Gasteiger partial charge on any atom is -0.349 e. The summed E-state index contributed by atoms with van der Waals surface area (Å²) in [7, 11) is 0. The van der Waals surface area contributed by atoms with E-state index in [2.05, 4.69) is 31.2 Å². The van der Waals surface area contributed by atoms with Gasteiger partial charge in [0, 0.05) is 17.8 Å². The van der Waals surface area contributed by atoms with Crippen molar-refractivity contribution >= 4 is 18.3 Å². The molecule has 1 aliphatic rings. The highest BCUT2D eigenvalue weighted by Gasteiger charge is 2.27. The number of amides is 1. The lowest BCUT2D eigenvalue weighted by Crippen LogP contribution is -2.49. The van der Waals surface area contributed by atoms with Crippen LogP contribution in [-0.4, -0.2) is 27.8 Å². The summed E-state index contributed by atoms with van der Waals surface area (Å²) < 4.78 is 1.89. The second-order valence-electron chi connectivity index (χ2n) is 7.71. The lowest BCUT2D eigenvalue weighted by molar-refractivity contribution is 0.0934. The summed E-state index contributed by atoms with van der Waals surface area (Å²) in [6, 6.07) is 1.84. The van der Waals surface area contributed by atoms with Crippen LogP contribution in [0.2, 0.25) is 0 Å². The molecule has 0 bridgehead atoms. The highest BCUT2D eigenvalue weighted by atomic mass is 35.5. The van der Waals surface area contributed by atoms with Crippen molar-refractivity contribution in [1.82, 2.24) is 15.1 Å². The van der Waals surface area contributed by atoms with Crippen LogP contribution in [0.4, 0.5) is 0 Å². The molecule has 0 radical (unpaired) electrons. The Morgan fingerprint density at radius 3 is 2.35 bits per heavy atom. The molecule has 1 aromatic rings. The van der Waals surface area contributed by atoms with E-state index in [0.717, 1.165) is 31.4 Å². The fraction of sp³-hybridized carbons (Fsp3) is 0.765. The van der Waals surface area contributed by atoms with E-state index in [4.69, 9.17) is 5.73 Å². The first-order chi connectivity index (χ1) is 10.2. The molecule has 0 unspecified atom stereocenters. The fourth-order valence-corrected chi connectivity index (χ4v) is 3.22. The molecule has 2 rings (SSSR count). The first-order valence-corrected chi connectivity index (χ1v) is 8.36. The van der Waals surface area contributed by atoms with Gasteiger partial charge in [-0.15, -0.1) is 12.4 Å². The maximum absolute atomic E-state index is 12.4. The van der Waals surface area contributed by atoms with Gasteiger partial charge < -0.3 is 11.1 Å². The first kappa shape index (κ1) is 20.0. The number of nitrogens with two attached hydrogens (primary N) is 1. The van der Waals surface area contributed by atoms with Crippen molar-refractivity contribution in [3.63, 3.8) is 0 Å². The highest BCUT2D eigenvalue weighted by molar-refractivity contribution is 5.92. The average molecular weight is 343 g/mol. The minimum atomic E-state index is -0.256. The van der Waals surface area contributed by atoms with E-state index in [1.54, 1.807) is 0 Å². The Hall–Kier alpha value is -1.07. The Bertz CT molecular complexity index is 525. The molecule has 1 saturated carbocycles. The summed E-state index contributed by atoms with van der Waals surface area (Å²) in [6.07, 6.45) is 6.80. The van der Waals surface area contributed by atoms with Crippen LogP contribution in [0.1, 0.15) is 75.5 Å². The average Bonchev–Trinajstić information content (AvgIpc) is 2.69.